The quantitative estimate of drug-likeness (QED) is 0.280. The fourth-order valence-electron chi connectivity index (χ4n) is 3.68. The highest BCUT2D eigenvalue weighted by atomic mass is 16.5. The molecule has 3 N–H and O–H groups in total. The number of hydrogen-bond donors (Lipinski definition) is 3. The van der Waals surface area contributed by atoms with E-state index in [9.17, 15) is 4.79 Å². The van der Waals surface area contributed by atoms with Gasteiger partial charge in [-0.3, -0.25) is 9.89 Å². The Bertz CT molecular complexity index is 1480. The second-order valence-corrected chi connectivity index (χ2v) is 7.87. The van der Waals surface area contributed by atoms with Gasteiger partial charge in [0, 0.05) is 35.7 Å². The van der Waals surface area contributed by atoms with Crippen molar-refractivity contribution in [1.29, 1.82) is 0 Å². The molecule has 5 aromatic rings. The van der Waals surface area contributed by atoms with E-state index >= 15 is 0 Å². The van der Waals surface area contributed by atoms with Gasteiger partial charge in [0.05, 0.1) is 23.8 Å². The number of benzene rings is 3. The number of aromatic amines is 1. The van der Waals surface area contributed by atoms with E-state index in [1.165, 1.54) is 0 Å². The summed E-state index contributed by atoms with van der Waals surface area (Å²) in [6, 6.07) is 21.2. The first-order valence-corrected chi connectivity index (χ1v) is 11.2. The number of hydrogen-bond acceptors (Lipinski definition) is 7. The Kier molecular flexibility index (Phi) is 6.49. The fraction of sp³-hybridized carbons (Fsp3) is 0.154. The Morgan fingerprint density at radius 1 is 1.03 bits per heavy atom. The SMILES string of the molecule is COCCNC(=O)COc1cccc(-c2nc(Nc3ccc4[nH]ncc4c3)c3ccccc3n2)c1. The highest BCUT2D eigenvalue weighted by Gasteiger charge is 2.12. The number of carbonyl (C=O) groups excluding carboxylic acids is 1. The lowest BCUT2D eigenvalue weighted by Gasteiger charge is -2.12. The summed E-state index contributed by atoms with van der Waals surface area (Å²) in [4.78, 5) is 21.5. The number of para-hydroxylation sites is 1. The van der Waals surface area contributed by atoms with Crippen molar-refractivity contribution in [1.82, 2.24) is 25.5 Å². The third kappa shape index (κ3) is 5.20. The minimum atomic E-state index is -0.213. The van der Waals surface area contributed by atoms with Crippen LogP contribution >= 0.6 is 0 Å². The second kappa shape index (κ2) is 10.2. The third-order valence-corrected chi connectivity index (χ3v) is 5.40. The number of H-pyrrole nitrogens is 1. The molecule has 0 saturated heterocycles. The van der Waals surface area contributed by atoms with Crippen molar-refractivity contribution in [3.05, 3.63) is 72.9 Å². The van der Waals surface area contributed by atoms with Gasteiger partial charge in [-0.05, 0) is 42.5 Å². The molecule has 0 atom stereocenters. The van der Waals surface area contributed by atoms with Gasteiger partial charge in [0.1, 0.15) is 11.6 Å². The van der Waals surface area contributed by atoms with Crippen LogP contribution in [-0.2, 0) is 9.53 Å². The highest BCUT2D eigenvalue weighted by molar-refractivity contribution is 5.93. The molecule has 3 aromatic carbocycles. The smallest absolute Gasteiger partial charge is 0.258 e. The molecule has 35 heavy (non-hydrogen) atoms. The van der Waals surface area contributed by atoms with E-state index in [1.54, 1.807) is 19.4 Å². The largest absolute Gasteiger partial charge is 0.484 e. The number of carbonyl (C=O) groups is 1. The highest BCUT2D eigenvalue weighted by Crippen LogP contribution is 2.29. The van der Waals surface area contributed by atoms with E-state index < -0.39 is 0 Å². The van der Waals surface area contributed by atoms with Crippen LogP contribution in [0.2, 0.25) is 0 Å². The van der Waals surface area contributed by atoms with Crippen LogP contribution in [0.25, 0.3) is 33.2 Å². The first kappa shape index (κ1) is 22.3. The zero-order valence-electron chi connectivity index (χ0n) is 19.1. The number of amides is 1. The summed E-state index contributed by atoms with van der Waals surface area (Å²) in [6.45, 7) is 0.800. The van der Waals surface area contributed by atoms with Crippen LogP contribution in [0.3, 0.4) is 0 Å². The van der Waals surface area contributed by atoms with Gasteiger partial charge in [0.25, 0.3) is 5.91 Å². The molecule has 5 rings (SSSR count). The number of methoxy groups -OCH3 is 1. The lowest BCUT2D eigenvalue weighted by Crippen LogP contribution is -2.31. The lowest BCUT2D eigenvalue weighted by molar-refractivity contribution is -0.123. The number of aromatic nitrogens is 4. The maximum absolute atomic E-state index is 11.9. The summed E-state index contributed by atoms with van der Waals surface area (Å²) in [5, 5.41) is 15.1. The van der Waals surface area contributed by atoms with Gasteiger partial charge in [-0.25, -0.2) is 9.97 Å². The van der Waals surface area contributed by atoms with E-state index in [4.69, 9.17) is 19.4 Å². The van der Waals surface area contributed by atoms with Crippen LogP contribution in [0.1, 0.15) is 0 Å². The predicted octanol–water partition coefficient (Wildman–Crippen LogP) is 4.06. The van der Waals surface area contributed by atoms with E-state index in [0.29, 0.717) is 30.5 Å². The van der Waals surface area contributed by atoms with Crippen molar-refractivity contribution in [2.45, 2.75) is 0 Å². The summed E-state index contributed by atoms with van der Waals surface area (Å²) in [5.74, 6) is 1.58. The molecular formula is C26H24N6O3. The topological polar surface area (TPSA) is 114 Å². The predicted molar refractivity (Wildman–Crippen MR) is 135 cm³/mol. The molecule has 2 aromatic heterocycles. The number of nitrogens with zero attached hydrogens (tertiary/aromatic N) is 3. The Hall–Kier alpha value is -4.50. The Morgan fingerprint density at radius 3 is 2.86 bits per heavy atom. The molecule has 0 aliphatic carbocycles. The summed E-state index contributed by atoms with van der Waals surface area (Å²) in [6.07, 6.45) is 1.79. The molecule has 176 valence electrons. The zero-order valence-corrected chi connectivity index (χ0v) is 19.1. The molecule has 2 heterocycles. The van der Waals surface area contributed by atoms with Gasteiger partial charge >= 0.3 is 0 Å². The van der Waals surface area contributed by atoms with Crippen molar-refractivity contribution in [2.75, 3.05) is 32.2 Å². The number of nitrogens with one attached hydrogen (secondary N) is 3. The standard InChI is InChI=1S/C26H24N6O3/c1-34-12-11-27-24(33)16-35-20-6-4-5-17(14-20)25-30-23-8-3-2-7-21(23)26(31-25)29-19-9-10-22-18(13-19)15-28-32-22/h2-10,13-15H,11-12,16H2,1H3,(H,27,33)(H,28,32)(H,29,30,31). The van der Waals surface area contributed by atoms with Crippen LogP contribution in [0, 0.1) is 0 Å². The number of ether oxygens (including phenoxy) is 2. The average molecular weight is 469 g/mol. The van der Waals surface area contributed by atoms with Crippen LogP contribution in [-0.4, -0.2) is 52.9 Å². The molecule has 0 bridgehead atoms. The first-order chi connectivity index (χ1) is 17.2. The monoisotopic (exact) mass is 468 g/mol. The van der Waals surface area contributed by atoms with Gasteiger partial charge in [0.2, 0.25) is 0 Å². The number of fused-ring (bicyclic) bond motifs is 2. The summed E-state index contributed by atoms with van der Waals surface area (Å²) in [5.41, 5.74) is 3.45. The van der Waals surface area contributed by atoms with Crippen LogP contribution in [0.5, 0.6) is 5.75 Å². The van der Waals surface area contributed by atoms with E-state index in [2.05, 4.69) is 20.8 Å². The first-order valence-electron chi connectivity index (χ1n) is 11.2. The van der Waals surface area contributed by atoms with Crippen LogP contribution in [0.4, 0.5) is 11.5 Å². The van der Waals surface area contributed by atoms with Crippen LogP contribution < -0.4 is 15.4 Å². The van der Waals surface area contributed by atoms with Crippen molar-refractivity contribution >= 4 is 39.2 Å². The molecule has 9 nitrogen and oxygen atoms in total. The van der Waals surface area contributed by atoms with Crippen molar-refractivity contribution in [3.8, 4) is 17.1 Å². The lowest BCUT2D eigenvalue weighted by atomic mass is 10.1. The van der Waals surface area contributed by atoms with E-state index in [-0.39, 0.29) is 12.5 Å². The normalized spacial score (nSPS) is 11.0. The molecule has 0 aliphatic heterocycles. The Balaban J connectivity index is 1.41. The van der Waals surface area contributed by atoms with Crippen molar-refractivity contribution < 1.29 is 14.3 Å². The minimum absolute atomic E-state index is 0.0883. The summed E-state index contributed by atoms with van der Waals surface area (Å²) >= 11 is 0. The zero-order chi connectivity index (χ0) is 24.0. The van der Waals surface area contributed by atoms with Gasteiger partial charge < -0.3 is 20.1 Å². The van der Waals surface area contributed by atoms with Gasteiger partial charge in [-0.2, -0.15) is 5.10 Å². The molecule has 0 unspecified atom stereocenters. The molecule has 1 amide bonds. The van der Waals surface area contributed by atoms with Gasteiger partial charge in [-0.1, -0.05) is 24.3 Å². The van der Waals surface area contributed by atoms with E-state index in [0.717, 1.165) is 33.1 Å². The van der Waals surface area contributed by atoms with Crippen molar-refractivity contribution in [3.63, 3.8) is 0 Å². The van der Waals surface area contributed by atoms with E-state index in [1.807, 2.05) is 60.7 Å². The number of anilines is 2. The van der Waals surface area contributed by atoms with Gasteiger partial charge in [-0.15, -0.1) is 0 Å². The molecular weight excluding hydrogens is 444 g/mol. The summed E-state index contributed by atoms with van der Waals surface area (Å²) in [7, 11) is 1.59. The minimum Gasteiger partial charge on any atom is -0.484 e. The second-order valence-electron chi connectivity index (χ2n) is 7.87. The molecule has 0 aliphatic rings. The van der Waals surface area contributed by atoms with Crippen molar-refractivity contribution in [2.24, 2.45) is 0 Å². The Morgan fingerprint density at radius 2 is 1.94 bits per heavy atom. The summed E-state index contributed by atoms with van der Waals surface area (Å²) < 4.78 is 10.6. The average Bonchev–Trinajstić information content (AvgIpc) is 3.36. The number of rotatable bonds is 9. The molecule has 0 fully saturated rings. The molecule has 9 heteroatoms. The maximum Gasteiger partial charge on any atom is 0.258 e. The molecule has 0 spiro atoms. The van der Waals surface area contributed by atoms with Crippen LogP contribution in [0.15, 0.2) is 72.9 Å². The molecule has 0 saturated carbocycles. The third-order valence-electron chi connectivity index (χ3n) is 5.40. The maximum atomic E-state index is 11.9. The molecule has 0 radical (unpaired) electrons. The van der Waals surface area contributed by atoms with Gasteiger partial charge in [0.15, 0.2) is 12.4 Å². The Labute approximate surface area is 201 Å². The fourth-order valence-corrected chi connectivity index (χ4v) is 3.68.